The first-order valence-corrected chi connectivity index (χ1v) is 12.9. The molecule has 1 heterocycles. The highest BCUT2D eigenvalue weighted by Gasteiger charge is 2.37. The van der Waals surface area contributed by atoms with Gasteiger partial charge in [-0.3, -0.25) is 14.5 Å². The number of methoxy groups -OCH3 is 2. The fourth-order valence-electron chi connectivity index (χ4n) is 5.08. The van der Waals surface area contributed by atoms with Gasteiger partial charge in [0.2, 0.25) is 11.8 Å². The number of halogens is 1. The maximum absolute atomic E-state index is 15.3. The van der Waals surface area contributed by atoms with Crippen LogP contribution in [-0.2, 0) is 16.1 Å². The molecule has 3 aromatic carbocycles. The van der Waals surface area contributed by atoms with Crippen molar-refractivity contribution in [3.8, 4) is 11.5 Å². The number of hydrogen-bond acceptors (Lipinski definition) is 6. The number of hydrogen-bond donors (Lipinski definition) is 1. The lowest BCUT2D eigenvalue weighted by Crippen LogP contribution is -2.47. The van der Waals surface area contributed by atoms with Gasteiger partial charge in [-0.1, -0.05) is 48.4 Å². The van der Waals surface area contributed by atoms with Crippen molar-refractivity contribution in [2.75, 3.05) is 19.1 Å². The van der Waals surface area contributed by atoms with E-state index in [0.717, 1.165) is 25.7 Å². The van der Waals surface area contributed by atoms with Gasteiger partial charge in [-0.15, -0.1) is 5.10 Å². The van der Waals surface area contributed by atoms with E-state index in [4.69, 9.17) is 9.47 Å². The van der Waals surface area contributed by atoms with Crippen LogP contribution < -0.4 is 19.7 Å². The van der Waals surface area contributed by atoms with Crippen molar-refractivity contribution >= 4 is 28.5 Å². The summed E-state index contributed by atoms with van der Waals surface area (Å²) in [6.45, 7) is -0.239. The molecule has 1 N–H and O–H groups in total. The first-order chi connectivity index (χ1) is 19.0. The molecule has 1 aromatic heterocycles. The van der Waals surface area contributed by atoms with Crippen LogP contribution in [0.3, 0.4) is 0 Å². The van der Waals surface area contributed by atoms with Crippen LogP contribution in [0.2, 0.25) is 0 Å². The number of nitrogens with one attached hydrogen (secondary N) is 1. The lowest BCUT2D eigenvalue weighted by molar-refractivity contribution is -0.127. The Morgan fingerprint density at radius 3 is 2.54 bits per heavy atom. The number of benzene rings is 3. The number of ether oxygens (including phenoxy) is 2. The normalized spacial score (nSPS) is 14.2. The molecule has 0 radical (unpaired) electrons. The monoisotopic (exact) mass is 531 g/mol. The Morgan fingerprint density at radius 1 is 1.05 bits per heavy atom. The topological polar surface area (TPSA) is 98.6 Å². The molecule has 1 atom stereocenters. The molecule has 10 heteroatoms. The zero-order chi connectivity index (χ0) is 27.4. The summed E-state index contributed by atoms with van der Waals surface area (Å²) in [5.41, 5.74) is 1.65. The highest BCUT2D eigenvalue weighted by Crippen LogP contribution is 2.38. The molecule has 0 saturated heterocycles. The highest BCUT2D eigenvalue weighted by molar-refractivity contribution is 6.02. The SMILES string of the molecule is COc1ccc(N(C(=O)Cn2nnc3ccccc32)C(C(=O)NC2CCCC2)c2ccccc2F)c(OC)c1. The molecular weight excluding hydrogens is 501 g/mol. The molecule has 0 spiro atoms. The summed E-state index contributed by atoms with van der Waals surface area (Å²) < 4.78 is 27.8. The number of nitrogens with zero attached hydrogens (tertiary/aromatic N) is 4. The number of para-hydroxylation sites is 1. The molecule has 2 amide bonds. The number of rotatable bonds is 9. The molecule has 9 nitrogen and oxygen atoms in total. The average molecular weight is 532 g/mol. The van der Waals surface area contributed by atoms with Gasteiger partial charge in [0, 0.05) is 17.7 Å². The number of fused-ring (bicyclic) bond motifs is 1. The van der Waals surface area contributed by atoms with E-state index in [1.54, 1.807) is 36.4 Å². The fourth-order valence-corrected chi connectivity index (χ4v) is 5.08. The number of carbonyl (C=O) groups excluding carboxylic acids is 2. The van der Waals surface area contributed by atoms with Crippen molar-refractivity contribution < 1.29 is 23.5 Å². The van der Waals surface area contributed by atoms with E-state index in [9.17, 15) is 9.59 Å². The van der Waals surface area contributed by atoms with Crippen LogP contribution in [0.5, 0.6) is 11.5 Å². The highest BCUT2D eigenvalue weighted by atomic mass is 19.1. The van der Waals surface area contributed by atoms with Crippen molar-refractivity contribution in [3.63, 3.8) is 0 Å². The molecule has 39 heavy (non-hydrogen) atoms. The summed E-state index contributed by atoms with van der Waals surface area (Å²) >= 11 is 0. The Bertz CT molecular complexity index is 1480. The molecule has 0 bridgehead atoms. The first-order valence-electron chi connectivity index (χ1n) is 12.9. The van der Waals surface area contributed by atoms with Crippen molar-refractivity contribution in [3.05, 3.63) is 78.1 Å². The third kappa shape index (κ3) is 5.41. The van der Waals surface area contributed by atoms with Gasteiger partial charge in [0.15, 0.2) is 0 Å². The summed E-state index contributed by atoms with van der Waals surface area (Å²) in [5.74, 6) is -0.768. The Morgan fingerprint density at radius 2 is 1.79 bits per heavy atom. The predicted molar refractivity (Wildman–Crippen MR) is 144 cm³/mol. The summed E-state index contributed by atoms with van der Waals surface area (Å²) in [5, 5.41) is 11.4. The number of anilines is 1. The van der Waals surface area contributed by atoms with Crippen LogP contribution in [0.15, 0.2) is 66.7 Å². The molecule has 1 aliphatic rings. The third-order valence-electron chi connectivity index (χ3n) is 7.03. The van der Waals surface area contributed by atoms with Crippen molar-refractivity contribution in [1.82, 2.24) is 20.3 Å². The molecule has 1 aliphatic carbocycles. The van der Waals surface area contributed by atoms with Crippen LogP contribution in [0.1, 0.15) is 37.3 Å². The number of carbonyl (C=O) groups is 2. The smallest absolute Gasteiger partial charge is 0.249 e. The Labute approximate surface area is 225 Å². The zero-order valence-corrected chi connectivity index (χ0v) is 21.8. The van der Waals surface area contributed by atoms with Crippen molar-refractivity contribution in [2.45, 2.75) is 44.3 Å². The molecule has 202 valence electrons. The Kier molecular flexibility index (Phi) is 7.72. The lowest BCUT2D eigenvalue weighted by Gasteiger charge is -2.33. The van der Waals surface area contributed by atoms with E-state index in [-0.39, 0.29) is 18.2 Å². The molecule has 1 saturated carbocycles. The van der Waals surface area contributed by atoms with E-state index in [1.807, 2.05) is 18.2 Å². The maximum atomic E-state index is 15.3. The van der Waals surface area contributed by atoms with Crippen LogP contribution in [0, 0.1) is 5.82 Å². The Balaban J connectivity index is 1.64. The molecule has 5 rings (SSSR count). The minimum absolute atomic E-state index is 0.0410. The van der Waals surface area contributed by atoms with Gasteiger partial charge in [0.25, 0.3) is 0 Å². The number of aromatic nitrogens is 3. The molecule has 1 unspecified atom stereocenters. The summed E-state index contributed by atoms with van der Waals surface area (Å²) in [4.78, 5) is 29.4. The minimum atomic E-state index is -1.31. The van der Waals surface area contributed by atoms with Crippen molar-refractivity contribution in [1.29, 1.82) is 0 Å². The van der Waals surface area contributed by atoms with Crippen LogP contribution in [-0.4, -0.2) is 47.1 Å². The van der Waals surface area contributed by atoms with Gasteiger partial charge in [0.1, 0.15) is 35.4 Å². The lowest BCUT2D eigenvalue weighted by atomic mass is 10.0. The van der Waals surface area contributed by atoms with E-state index >= 15 is 4.39 Å². The van der Waals surface area contributed by atoms with E-state index in [1.165, 1.54) is 35.9 Å². The van der Waals surface area contributed by atoms with Gasteiger partial charge in [0.05, 0.1) is 25.4 Å². The summed E-state index contributed by atoms with van der Waals surface area (Å²) in [6.07, 6.45) is 3.67. The minimum Gasteiger partial charge on any atom is -0.497 e. The second-order valence-corrected chi connectivity index (χ2v) is 9.45. The fraction of sp³-hybridized carbons (Fsp3) is 0.310. The zero-order valence-electron chi connectivity index (χ0n) is 21.8. The van der Waals surface area contributed by atoms with Crippen LogP contribution in [0.4, 0.5) is 10.1 Å². The van der Waals surface area contributed by atoms with E-state index < -0.39 is 23.7 Å². The third-order valence-corrected chi connectivity index (χ3v) is 7.03. The first kappa shape index (κ1) is 26.1. The van der Waals surface area contributed by atoms with Gasteiger partial charge in [-0.05, 0) is 43.2 Å². The van der Waals surface area contributed by atoms with Gasteiger partial charge in [-0.25, -0.2) is 9.07 Å². The van der Waals surface area contributed by atoms with Gasteiger partial charge < -0.3 is 14.8 Å². The summed E-state index contributed by atoms with van der Waals surface area (Å²) in [7, 11) is 2.98. The molecule has 0 aliphatic heterocycles. The van der Waals surface area contributed by atoms with Crippen LogP contribution >= 0.6 is 0 Å². The molecule has 4 aromatic rings. The van der Waals surface area contributed by atoms with E-state index in [0.29, 0.717) is 28.2 Å². The molecular formula is C29H30FN5O4. The largest absolute Gasteiger partial charge is 0.497 e. The molecule has 1 fully saturated rings. The standard InChI is InChI=1S/C29H30FN5O4/c1-38-20-15-16-25(26(17-20)39-2)35(27(36)18-34-24-14-8-7-13-23(24)32-33-34)28(21-11-5-6-12-22(21)30)29(37)31-19-9-3-4-10-19/h5-8,11-17,19,28H,3-4,9-10,18H2,1-2H3,(H,31,37). The summed E-state index contributed by atoms with van der Waals surface area (Å²) in [6, 6.07) is 16.8. The Hall–Kier alpha value is -4.47. The average Bonchev–Trinajstić information content (AvgIpc) is 3.62. The van der Waals surface area contributed by atoms with Gasteiger partial charge in [-0.2, -0.15) is 0 Å². The van der Waals surface area contributed by atoms with Crippen molar-refractivity contribution in [2.24, 2.45) is 0 Å². The van der Waals surface area contributed by atoms with Gasteiger partial charge >= 0.3 is 0 Å². The van der Waals surface area contributed by atoms with E-state index in [2.05, 4.69) is 15.6 Å². The second-order valence-electron chi connectivity index (χ2n) is 9.45. The van der Waals surface area contributed by atoms with Crippen LogP contribution in [0.25, 0.3) is 11.0 Å². The predicted octanol–water partition coefficient (Wildman–Crippen LogP) is 4.42. The second kappa shape index (κ2) is 11.5. The number of amides is 2. The quantitative estimate of drug-likeness (QED) is 0.343. The maximum Gasteiger partial charge on any atom is 0.249 e.